The number of aromatic nitrogens is 4. The van der Waals surface area contributed by atoms with Gasteiger partial charge >= 0.3 is 0 Å². The van der Waals surface area contributed by atoms with Gasteiger partial charge in [0.15, 0.2) is 5.82 Å². The summed E-state index contributed by atoms with van der Waals surface area (Å²) in [7, 11) is 0. The molecule has 1 aromatic carbocycles. The molecule has 2 heterocycles. The number of hydrogen-bond acceptors (Lipinski definition) is 6. The summed E-state index contributed by atoms with van der Waals surface area (Å²) >= 11 is 2.05. The summed E-state index contributed by atoms with van der Waals surface area (Å²) in [5.74, 6) is 0.309. The maximum absolute atomic E-state index is 10.7. The lowest BCUT2D eigenvalue weighted by atomic mass is 10.3. The van der Waals surface area contributed by atoms with E-state index in [1.54, 1.807) is 16.8 Å². The molecule has 0 radical (unpaired) electrons. The molecule has 100 valence electrons. The SMILES string of the molecule is Nc1ncnc2c(I)nn(-c3ccc([N+](=O)[O-])cc3)c12. The number of halogens is 1. The highest BCUT2D eigenvalue weighted by Crippen LogP contribution is 2.25. The molecule has 9 heteroatoms. The van der Waals surface area contributed by atoms with Gasteiger partial charge in [-0.2, -0.15) is 5.10 Å². The van der Waals surface area contributed by atoms with Gasteiger partial charge in [0.1, 0.15) is 21.1 Å². The van der Waals surface area contributed by atoms with Crippen LogP contribution in [0.1, 0.15) is 0 Å². The number of rotatable bonds is 2. The fraction of sp³-hybridized carbons (Fsp3) is 0. The van der Waals surface area contributed by atoms with Crippen LogP contribution >= 0.6 is 22.6 Å². The molecule has 0 fully saturated rings. The van der Waals surface area contributed by atoms with Crippen LogP contribution in [-0.2, 0) is 0 Å². The molecule has 0 bridgehead atoms. The Labute approximate surface area is 125 Å². The molecule has 0 amide bonds. The van der Waals surface area contributed by atoms with E-state index < -0.39 is 4.92 Å². The van der Waals surface area contributed by atoms with Crippen LogP contribution in [0.15, 0.2) is 30.6 Å². The number of nitrogens with two attached hydrogens (primary N) is 1. The molecule has 2 aromatic heterocycles. The number of fused-ring (bicyclic) bond motifs is 1. The van der Waals surface area contributed by atoms with E-state index in [4.69, 9.17) is 5.73 Å². The van der Waals surface area contributed by atoms with Crippen LogP contribution in [-0.4, -0.2) is 24.7 Å². The van der Waals surface area contributed by atoms with E-state index in [9.17, 15) is 10.1 Å². The van der Waals surface area contributed by atoms with Gasteiger partial charge in [0, 0.05) is 12.1 Å². The average molecular weight is 382 g/mol. The smallest absolute Gasteiger partial charge is 0.269 e. The van der Waals surface area contributed by atoms with Crippen molar-refractivity contribution in [1.82, 2.24) is 19.7 Å². The van der Waals surface area contributed by atoms with Crippen LogP contribution in [0, 0.1) is 13.8 Å². The topological polar surface area (TPSA) is 113 Å². The molecule has 0 unspecified atom stereocenters. The van der Waals surface area contributed by atoms with E-state index in [2.05, 4.69) is 37.7 Å². The van der Waals surface area contributed by atoms with Crippen LogP contribution in [0.5, 0.6) is 0 Å². The number of benzene rings is 1. The number of anilines is 1. The van der Waals surface area contributed by atoms with Crippen LogP contribution in [0.3, 0.4) is 0 Å². The van der Waals surface area contributed by atoms with Gasteiger partial charge in [-0.1, -0.05) is 0 Å². The van der Waals surface area contributed by atoms with Crippen molar-refractivity contribution in [2.24, 2.45) is 0 Å². The van der Waals surface area contributed by atoms with Crippen molar-refractivity contribution in [2.75, 3.05) is 5.73 Å². The Hall–Kier alpha value is -2.30. The van der Waals surface area contributed by atoms with Gasteiger partial charge < -0.3 is 5.73 Å². The minimum Gasteiger partial charge on any atom is -0.382 e. The Balaban J connectivity index is 2.22. The number of nitrogens with zero attached hydrogens (tertiary/aromatic N) is 5. The third-order valence-corrected chi connectivity index (χ3v) is 3.48. The van der Waals surface area contributed by atoms with Gasteiger partial charge in [-0.15, -0.1) is 0 Å². The highest BCUT2D eigenvalue weighted by molar-refractivity contribution is 14.1. The summed E-state index contributed by atoms with van der Waals surface area (Å²) in [4.78, 5) is 18.3. The molecule has 0 aliphatic heterocycles. The first kappa shape index (κ1) is 12.7. The van der Waals surface area contributed by atoms with E-state index in [-0.39, 0.29) is 5.69 Å². The van der Waals surface area contributed by atoms with Crippen molar-refractivity contribution in [1.29, 1.82) is 0 Å². The molecule has 0 saturated heterocycles. The second kappa shape index (κ2) is 4.67. The zero-order valence-electron chi connectivity index (χ0n) is 9.89. The molecule has 8 nitrogen and oxygen atoms in total. The third kappa shape index (κ3) is 1.95. The predicted molar refractivity (Wildman–Crippen MR) is 80.4 cm³/mol. The maximum atomic E-state index is 10.7. The standard InChI is InChI=1S/C11H7IN6O2/c12-10-8-9(11(13)15-5-14-8)17(16-10)6-1-3-7(4-2-6)18(19)20/h1-5H,(H2,13,14,15). The molecule has 0 atom stereocenters. The minimum absolute atomic E-state index is 0.0177. The van der Waals surface area contributed by atoms with Crippen LogP contribution in [0.4, 0.5) is 11.5 Å². The Kier molecular flexibility index (Phi) is 2.97. The fourth-order valence-electron chi connectivity index (χ4n) is 1.84. The molecule has 0 aliphatic rings. The fourth-order valence-corrected chi connectivity index (χ4v) is 2.45. The number of nitrogen functional groups attached to an aromatic ring is 1. The normalized spacial score (nSPS) is 10.8. The Morgan fingerprint density at radius 1 is 1.25 bits per heavy atom. The Bertz CT molecular complexity index is 814. The first-order valence-electron chi connectivity index (χ1n) is 5.47. The molecule has 0 spiro atoms. The van der Waals surface area contributed by atoms with Crippen molar-refractivity contribution in [3.63, 3.8) is 0 Å². The van der Waals surface area contributed by atoms with Gasteiger partial charge in [0.05, 0.1) is 10.6 Å². The molecule has 0 aliphatic carbocycles. The molecular formula is C11H7IN6O2. The highest BCUT2D eigenvalue weighted by Gasteiger charge is 2.15. The number of nitro benzene ring substituents is 1. The van der Waals surface area contributed by atoms with Gasteiger partial charge in [-0.05, 0) is 34.7 Å². The van der Waals surface area contributed by atoms with Crippen LogP contribution in [0.25, 0.3) is 16.7 Å². The highest BCUT2D eigenvalue weighted by atomic mass is 127. The number of non-ortho nitro benzene ring substituents is 1. The van der Waals surface area contributed by atoms with Crippen molar-refractivity contribution >= 4 is 45.1 Å². The van der Waals surface area contributed by atoms with E-state index >= 15 is 0 Å². The summed E-state index contributed by atoms with van der Waals surface area (Å²) in [6.07, 6.45) is 1.38. The zero-order chi connectivity index (χ0) is 14.3. The third-order valence-electron chi connectivity index (χ3n) is 2.75. The lowest BCUT2D eigenvalue weighted by molar-refractivity contribution is -0.384. The van der Waals surface area contributed by atoms with E-state index in [0.717, 1.165) is 0 Å². The largest absolute Gasteiger partial charge is 0.382 e. The molecular weight excluding hydrogens is 375 g/mol. The average Bonchev–Trinajstić information content (AvgIpc) is 2.78. The summed E-state index contributed by atoms with van der Waals surface area (Å²) in [5.41, 5.74) is 7.78. The Morgan fingerprint density at radius 2 is 1.95 bits per heavy atom. The van der Waals surface area contributed by atoms with Crippen LogP contribution < -0.4 is 5.73 Å². The second-order valence-electron chi connectivity index (χ2n) is 3.93. The zero-order valence-corrected chi connectivity index (χ0v) is 12.1. The van der Waals surface area contributed by atoms with Crippen molar-refractivity contribution < 1.29 is 4.92 Å². The van der Waals surface area contributed by atoms with Gasteiger partial charge in [0.2, 0.25) is 0 Å². The van der Waals surface area contributed by atoms with Crippen molar-refractivity contribution in [3.05, 3.63) is 44.4 Å². The summed E-state index contributed by atoms with van der Waals surface area (Å²) in [6, 6.07) is 6.03. The molecule has 20 heavy (non-hydrogen) atoms. The van der Waals surface area contributed by atoms with Crippen molar-refractivity contribution in [3.8, 4) is 5.69 Å². The lowest BCUT2D eigenvalue weighted by Crippen LogP contribution is -2.01. The first-order chi connectivity index (χ1) is 9.58. The molecule has 2 N–H and O–H groups in total. The van der Waals surface area contributed by atoms with E-state index in [0.29, 0.717) is 26.2 Å². The minimum atomic E-state index is -0.452. The van der Waals surface area contributed by atoms with Crippen LogP contribution in [0.2, 0.25) is 0 Å². The van der Waals surface area contributed by atoms with E-state index in [1.807, 2.05) is 0 Å². The second-order valence-corrected chi connectivity index (χ2v) is 4.95. The summed E-state index contributed by atoms with van der Waals surface area (Å²) in [6.45, 7) is 0. The van der Waals surface area contributed by atoms with Gasteiger partial charge in [-0.25, -0.2) is 14.6 Å². The maximum Gasteiger partial charge on any atom is 0.269 e. The Morgan fingerprint density at radius 3 is 2.60 bits per heavy atom. The van der Waals surface area contributed by atoms with E-state index in [1.165, 1.54) is 18.5 Å². The first-order valence-corrected chi connectivity index (χ1v) is 6.55. The summed E-state index contributed by atoms with van der Waals surface area (Å²) < 4.78 is 2.26. The monoisotopic (exact) mass is 382 g/mol. The number of hydrogen-bond donors (Lipinski definition) is 1. The number of nitro groups is 1. The molecule has 3 aromatic rings. The molecule has 3 rings (SSSR count). The molecule has 0 saturated carbocycles. The predicted octanol–water partition coefficient (Wildman–Crippen LogP) is 1.91. The van der Waals surface area contributed by atoms with Gasteiger partial charge in [0.25, 0.3) is 5.69 Å². The van der Waals surface area contributed by atoms with Crippen molar-refractivity contribution in [2.45, 2.75) is 0 Å². The summed E-state index contributed by atoms with van der Waals surface area (Å²) in [5, 5.41) is 15.0. The lowest BCUT2D eigenvalue weighted by Gasteiger charge is -2.03. The quantitative estimate of drug-likeness (QED) is 0.412. The van der Waals surface area contributed by atoms with Gasteiger partial charge in [-0.3, -0.25) is 10.1 Å².